The summed E-state index contributed by atoms with van der Waals surface area (Å²) in [6, 6.07) is 1.11. The zero-order valence-electron chi connectivity index (χ0n) is 9.24. The molecule has 0 spiro atoms. The Hall–Kier alpha value is -1.33. The van der Waals surface area contributed by atoms with Crippen LogP contribution in [0.25, 0.3) is 0 Å². The topological polar surface area (TPSA) is 108 Å². The summed E-state index contributed by atoms with van der Waals surface area (Å²) in [6.07, 6.45) is 0.184. The second-order valence-electron chi connectivity index (χ2n) is 3.63. The van der Waals surface area contributed by atoms with Crippen molar-refractivity contribution in [1.29, 1.82) is 0 Å². The lowest BCUT2D eigenvalue weighted by molar-refractivity contribution is -0.261. The first-order chi connectivity index (χ1) is 8.01. The summed E-state index contributed by atoms with van der Waals surface area (Å²) in [5, 5.41) is 30.7. The summed E-state index contributed by atoms with van der Waals surface area (Å²) in [7, 11) is 0. The molecule has 7 heteroatoms. The van der Waals surface area contributed by atoms with Crippen LogP contribution < -0.4 is 5.32 Å². The number of hydrogen-bond acceptors (Lipinski definition) is 7. The molecule has 0 bridgehead atoms. The van der Waals surface area contributed by atoms with Crippen LogP contribution in [0.1, 0.15) is 6.92 Å². The van der Waals surface area contributed by atoms with Crippen molar-refractivity contribution >= 4 is 5.97 Å². The number of hydrogen-bond donors (Lipinski definition) is 4. The van der Waals surface area contributed by atoms with Gasteiger partial charge >= 0.3 is 5.97 Å². The molecule has 1 heterocycles. The number of aliphatic hydroxyl groups is 3. The van der Waals surface area contributed by atoms with E-state index in [1.807, 2.05) is 0 Å². The normalized spacial score (nSPS) is 37.0. The Morgan fingerprint density at radius 2 is 2.18 bits per heavy atom. The Morgan fingerprint density at radius 1 is 1.53 bits per heavy atom. The van der Waals surface area contributed by atoms with E-state index in [2.05, 4.69) is 11.4 Å². The summed E-state index contributed by atoms with van der Waals surface area (Å²) >= 11 is 0. The molecule has 5 atom stereocenters. The predicted octanol–water partition coefficient (Wildman–Crippen LogP) is -2.46. The number of carbonyl (C=O) groups excluding carboxylic acids is 1. The third-order valence-corrected chi connectivity index (χ3v) is 2.41. The first-order valence-electron chi connectivity index (χ1n) is 5.02. The Bertz CT molecular complexity index is 314. The molecule has 1 saturated heterocycles. The van der Waals surface area contributed by atoms with E-state index in [9.17, 15) is 15.0 Å². The SMILES string of the molecule is C#CN[C@H]1C(OC(C)=O)O[C@H](CO)[C@H](O)[C@@H]1O. The molecule has 96 valence electrons. The molecule has 0 amide bonds. The third kappa shape index (κ3) is 3.08. The minimum absolute atomic E-state index is 0.515. The van der Waals surface area contributed by atoms with Gasteiger partial charge in [-0.3, -0.25) is 4.79 Å². The Kier molecular flexibility index (Phi) is 4.72. The smallest absolute Gasteiger partial charge is 0.305 e. The zero-order chi connectivity index (χ0) is 13.0. The second kappa shape index (κ2) is 5.84. The van der Waals surface area contributed by atoms with Crippen LogP contribution in [0.15, 0.2) is 0 Å². The van der Waals surface area contributed by atoms with Crippen LogP contribution in [0, 0.1) is 12.5 Å². The van der Waals surface area contributed by atoms with Crippen LogP contribution in [0.4, 0.5) is 0 Å². The second-order valence-corrected chi connectivity index (χ2v) is 3.63. The first kappa shape index (κ1) is 13.7. The summed E-state index contributed by atoms with van der Waals surface area (Å²) in [4.78, 5) is 10.9. The lowest BCUT2D eigenvalue weighted by atomic mass is 9.97. The molecule has 1 aliphatic heterocycles. The fourth-order valence-corrected chi connectivity index (χ4v) is 1.60. The van der Waals surface area contributed by atoms with Crippen molar-refractivity contribution in [3.8, 4) is 12.5 Å². The van der Waals surface area contributed by atoms with Crippen LogP contribution in [0.3, 0.4) is 0 Å². The molecule has 0 radical (unpaired) electrons. The van der Waals surface area contributed by atoms with Crippen molar-refractivity contribution in [2.45, 2.75) is 37.6 Å². The lowest BCUT2D eigenvalue weighted by Crippen LogP contribution is -2.63. The standard InChI is InChI=1S/C10H15NO6/c1-3-11-7-9(15)8(14)6(4-12)17-10(7)16-5(2)13/h1,6-12,14-15H,4H2,2H3/t6-,7-,8+,9-,10?/m1/s1. The van der Waals surface area contributed by atoms with Gasteiger partial charge in [-0.05, 0) is 0 Å². The minimum atomic E-state index is -1.32. The van der Waals surface area contributed by atoms with E-state index in [4.69, 9.17) is 21.0 Å². The van der Waals surface area contributed by atoms with Gasteiger partial charge in [0.15, 0.2) is 0 Å². The number of nitrogens with one attached hydrogen (secondary N) is 1. The van der Waals surface area contributed by atoms with Gasteiger partial charge in [0.05, 0.1) is 6.61 Å². The summed E-state index contributed by atoms with van der Waals surface area (Å²) in [6.45, 7) is 0.653. The van der Waals surface area contributed by atoms with Crippen LogP contribution in [-0.2, 0) is 14.3 Å². The fraction of sp³-hybridized carbons (Fsp3) is 0.700. The molecule has 0 aromatic heterocycles. The minimum Gasteiger partial charge on any atom is -0.433 e. The van der Waals surface area contributed by atoms with Crippen LogP contribution in [0.2, 0.25) is 0 Å². The fourth-order valence-electron chi connectivity index (χ4n) is 1.60. The highest BCUT2D eigenvalue weighted by molar-refractivity contribution is 5.66. The van der Waals surface area contributed by atoms with E-state index >= 15 is 0 Å². The monoisotopic (exact) mass is 245 g/mol. The summed E-state index contributed by atoms with van der Waals surface area (Å²) < 4.78 is 9.94. The van der Waals surface area contributed by atoms with Gasteiger partial charge in [0.1, 0.15) is 24.4 Å². The van der Waals surface area contributed by atoms with E-state index in [-0.39, 0.29) is 0 Å². The average Bonchev–Trinajstić information content (AvgIpc) is 2.27. The summed E-state index contributed by atoms with van der Waals surface area (Å²) in [5.41, 5.74) is 0. The third-order valence-electron chi connectivity index (χ3n) is 2.41. The number of carbonyl (C=O) groups is 1. The average molecular weight is 245 g/mol. The highest BCUT2D eigenvalue weighted by Crippen LogP contribution is 2.21. The number of ether oxygens (including phenoxy) is 2. The maximum Gasteiger partial charge on any atom is 0.305 e. The molecule has 0 aliphatic carbocycles. The van der Waals surface area contributed by atoms with Crippen molar-refractivity contribution < 1.29 is 29.6 Å². The quantitative estimate of drug-likeness (QED) is 0.248. The number of esters is 1. The van der Waals surface area contributed by atoms with Crippen molar-refractivity contribution in [1.82, 2.24) is 5.32 Å². The van der Waals surface area contributed by atoms with Crippen molar-refractivity contribution in [2.75, 3.05) is 6.61 Å². The van der Waals surface area contributed by atoms with Gasteiger partial charge in [-0.15, -0.1) is 0 Å². The van der Waals surface area contributed by atoms with E-state index in [0.717, 1.165) is 0 Å². The molecular weight excluding hydrogens is 230 g/mol. The van der Waals surface area contributed by atoms with E-state index in [1.165, 1.54) is 6.92 Å². The maximum absolute atomic E-state index is 10.9. The Balaban J connectivity index is 2.83. The molecule has 7 nitrogen and oxygen atoms in total. The van der Waals surface area contributed by atoms with Gasteiger partial charge in [-0.25, -0.2) is 0 Å². The molecule has 0 aromatic carbocycles. The van der Waals surface area contributed by atoms with Crippen LogP contribution in [-0.4, -0.2) is 58.5 Å². The van der Waals surface area contributed by atoms with E-state index < -0.39 is 43.2 Å². The van der Waals surface area contributed by atoms with Gasteiger partial charge in [0.25, 0.3) is 0 Å². The predicted molar refractivity (Wildman–Crippen MR) is 55.3 cm³/mol. The van der Waals surface area contributed by atoms with Crippen molar-refractivity contribution in [3.05, 3.63) is 0 Å². The molecule has 0 saturated carbocycles. The molecule has 1 unspecified atom stereocenters. The maximum atomic E-state index is 10.9. The van der Waals surface area contributed by atoms with Crippen molar-refractivity contribution in [3.63, 3.8) is 0 Å². The van der Waals surface area contributed by atoms with E-state index in [0.29, 0.717) is 0 Å². The van der Waals surface area contributed by atoms with Gasteiger partial charge in [-0.1, -0.05) is 6.42 Å². The Labute approximate surface area is 98.3 Å². The Morgan fingerprint density at radius 3 is 2.65 bits per heavy atom. The van der Waals surface area contributed by atoms with E-state index in [1.54, 1.807) is 0 Å². The van der Waals surface area contributed by atoms with Gasteiger partial charge in [0, 0.05) is 13.0 Å². The number of terminal acetylenes is 1. The highest BCUT2D eigenvalue weighted by Gasteiger charge is 2.45. The van der Waals surface area contributed by atoms with Gasteiger partial charge in [-0.2, -0.15) is 0 Å². The molecular formula is C10H15NO6. The lowest BCUT2D eigenvalue weighted by Gasteiger charge is -2.40. The van der Waals surface area contributed by atoms with Crippen molar-refractivity contribution in [2.24, 2.45) is 0 Å². The molecule has 4 N–H and O–H groups in total. The van der Waals surface area contributed by atoms with Gasteiger partial charge < -0.3 is 30.1 Å². The van der Waals surface area contributed by atoms with Gasteiger partial charge in [0.2, 0.25) is 6.29 Å². The van der Waals surface area contributed by atoms with Crippen LogP contribution in [0.5, 0.6) is 0 Å². The number of aliphatic hydroxyl groups excluding tert-OH is 3. The largest absolute Gasteiger partial charge is 0.433 e. The molecule has 1 fully saturated rings. The number of rotatable bonds is 3. The molecule has 0 aromatic rings. The first-order valence-corrected chi connectivity index (χ1v) is 5.02. The molecule has 1 rings (SSSR count). The summed E-state index contributed by atoms with van der Waals surface area (Å²) in [5.74, 6) is -0.626. The van der Waals surface area contributed by atoms with Crippen LogP contribution >= 0.6 is 0 Å². The zero-order valence-corrected chi connectivity index (χ0v) is 9.24. The molecule has 1 aliphatic rings. The molecule has 17 heavy (non-hydrogen) atoms. The highest BCUT2D eigenvalue weighted by atomic mass is 16.7.